The van der Waals surface area contributed by atoms with Crippen molar-refractivity contribution in [3.05, 3.63) is 23.2 Å². The molecule has 4 nitrogen and oxygen atoms in total. The van der Waals surface area contributed by atoms with Gasteiger partial charge in [-0.25, -0.2) is 0 Å². The molecule has 0 radical (unpaired) electrons. The summed E-state index contributed by atoms with van der Waals surface area (Å²) in [4.78, 5) is 11.6. The summed E-state index contributed by atoms with van der Waals surface area (Å²) >= 11 is 0. The maximum Gasteiger partial charge on any atom is 0.314 e. The minimum absolute atomic E-state index is 0.365. The molecule has 0 atom stereocenters. The fourth-order valence-electron chi connectivity index (χ4n) is 2.80. The molecule has 0 aromatic carbocycles. The minimum atomic E-state index is -0.874. The second-order valence-electron chi connectivity index (χ2n) is 4.95. The molecule has 17 heavy (non-hydrogen) atoms. The molecule has 1 aromatic rings. The molecule has 0 spiro atoms. The van der Waals surface area contributed by atoms with E-state index in [-0.39, 0.29) is 6.10 Å². The summed E-state index contributed by atoms with van der Waals surface area (Å²) in [6.45, 7) is 3.63. The van der Waals surface area contributed by atoms with E-state index in [9.17, 15) is 15.0 Å². The lowest BCUT2D eigenvalue weighted by Gasteiger charge is -2.35. The number of aliphatic hydroxyl groups excluding tert-OH is 1. The van der Waals surface area contributed by atoms with Crippen LogP contribution in [0.15, 0.2) is 10.5 Å². The molecule has 1 heterocycles. The number of aliphatic hydroxyl groups is 1. The van der Waals surface area contributed by atoms with Crippen molar-refractivity contribution in [3.63, 3.8) is 0 Å². The van der Waals surface area contributed by atoms with Crippen LogP contribution in [-0.4, -0.2) is 22.3 Å². The van der Waals surface area contributed by atoms with Gasteiger partial charge >= 0.3 is 5.97 Å². The van der Waals surface area contributed by atoms with Gasteiger partial charge in [0.1, 0.15) is 11.5 Å². The molecule has 0 saturated heterocycles. The number of aryl methyl sites for hydroxylation is 2. The molecular weight excluding hydrogens is 220 g/mol. The molecule has 0 aliphatic heterocycles. The summed E-state index contributed by atoms with van der Waals surface area (Å²) in [5, 5.41) is 19.1. The number of aliphatic carboxylic acids is 1. The summed E-state index contributed by atoms with van der Waals surface area (Å²) in [6, 6.07) is 1.82. The van der Waals surface area contributed by atoms with E-state index in [1.807, 2.05) is 13.0 Å². The first kappa shape index (κ1) is 12.2. The number of rotatable bonds is 2. The van der Waals surface area contributed by atoms with Crippen molar-refractivity contribution in [1.29, 1.82) is 0 Å². The van der Waals surface area contributed by atoms with Crippen LogP contribution in [0.3, 0.4) is 0 Å². The number of furan rings is 1. The summed E-state index contributed by atoms with van der Waals surface area (Å²) < 4.78 is 5.44. The van der Waals surface area contributed by atoms with Crippen molar-refractivity contribution in [2.24, 2.45) is 0 Å². The number of carboxylic acids is 1. The fraction of sp³-hybridized carbons (Fsp3) is 0.615. The average molecular weight is 238 g/mol. The summed E-state index contributed by atoms with van der Waals surface area (Å²) in [6.07, 6.45) is 1.66. The summed E-state index contributed by atoms with van der Waals surface area (Å²) in [5.74, 6) is 0.610. The van der Waals surface area contributed by atoms with Crippen LogP contribution in [0, 0.1) is 13.8 Å². The SMILES string of the molecule is Cc1cc(C2(C(=O)O)CCC(O)CC2)c(C)o1. The van der Waals surface area contributed by atoms with Gasteiger partial charge in [0.25, 0.3) is 0 Å². The van der Waals surface area contributed by atoms with Gasteiger partial charge in [0.2, 0.25) is 0 Å². The number of carbonyl (C=O) groups is 1. The van der Waals surface area contributed by atoms with E-state index < -0.39 is 11.4 Å². The largest absolute Gasteiger partial charge is 0.481 e. The Bertz CT molecular complexity index is 425. The first-order valence-electron chi connectivity index (χ1n) is 5.95. The lowest BCUT2D eigenvalue weighted by molar-refractivity contribution is -0.146. The predicted molar refractivity (Wildman–Crippen MR) is 62.0 cm³/mol. The maximum atomic E-state index is 11.6. The second-order valence-corrected chi connectivity index (χ2v) is 4.95. The van der Waals surface area contributed by atoms with E-state index in [0.29, 0.717) is 31.4 Å². The Morgan fingerprint density at radius 3 is 2.41 bits per heavy atom. The van der Waals surface area contributed by atoms with Gasteiger partial charge in [-0.1, -0.05) is 0 Å². The van der Waals surface area contributed by atoms with Crippen LogP contribution >= 0.6 is 0 Å². The lowest BCUT2D eigenvalue weighted by atomic mass is 9.68. The lowest BCUT2D eigenvalue weighted by Crippen LogP contribution is -2.41. The van der Waals surface area contributed by atoms with Crippen LogP contribution in [0.25, 0.3) is 0 Å². The third kappa shape index (κ3) is 1.97. The molecular formula is C13H18O4. The van der Waals surface area contributed by atoms with Crippen LogP contribution in [0.5, 0.6) is 0 Å². The molecule has 1 aromatic heterocycles. The molecule has 4 heteroatoms. The molecule has 0 bridgehead atoms. The zero-order valence-electron chi connectivity index (χ0n) is 10.2. The number of hydrogen-bond donors (Lipinski definition) is 2. The van der Waals surface area contributed by atoms with Gasteiger partial charge in [-0.05, 0) is 45.6 Å². The highest BCUT2D eigenvalue weighted by atomic mass is 16.4. The Balaban J connectivity index is 2.42. The quantitative estimate of drug-likeness (QED) is 0.828. The number of hydrogen-bond acceptors (Lipinski definition) is 3. The van der Waals surface area contributed by atoms with Crippen LogP contribution in [0.4, 0.5) is 0 Å². The molecule has 94 valence electrons. The Labute approximate surface area is 100 Å². The van der Waals surface area contributed by atoms with E-state index in [1.165, 1.54) is 0 Å². The standard InChI is InChI=1S/C13H18O4/c1-8-7-11(9(2)17-8)13(12(15)16)5-3-10(14)4-6-13/h7,10,14H,3-6H2,1-2H3,(H,15,16). The molecule has 0 unspecified atom stereocenters. The zero-order chi connectivity index (χ0) is 12.6. The number of carboxylic acid groups (broad SMARTS) is 1. The maximum absolute atomic E-state index is 11.6. The van der Waals surface area contributed by atoms with E-state index in [4.69, 9.17) is 4.42 Å². The Morgan fingerprint density at radius 1 is 1.41 bits per heavy atom. The van der Waals surface area contributed by atoms with Crippen LogP contribution in [0.2, 0.25) is 0 Å². The highest BCUT2D eigenvalue weighted by Crippen LogP contribution is 2.42. The summed E-state index contributed by atoms with van der Waals surface area (Å²) in [7, 11) is 0. The van der Waals surface area contributed by atoms with Gasteiger partial charge in [-0.15, -0.1) is 0 Å². The predicted octanol–water partition coefficient (Wildman–Crippen LogP) is 2.15. The van der Waals surface area contributed by atoms with Crippen molar-refractivity contribution >= 4 is 5.97 Å². The average Bonchev–Trinajstić information content (AvgIpc) is 2.59. The Kier molecular flexibility index (Phi) is 3.00. The van der Waals surface area contributed by atoms with Crippen LogP contribution < -0.4 is 0 Å². The molecule has 2 rings (SSSR count). The topological polar surface area (TPSA) is 70.7 Å². The van der Waals surface area contributed by atoms with Gasteiger partial charge in [-0.3, -0.25) is 4.79 Å². The highest BCUT2D eigenvalue weighted by molar-refractivity contribution is 5.82. The van der Waals surface area contributed by atoms with Gasteiger partial charge in [0.15, 0.2) is 0 Å². The monoisotopic (exact) mass is 238 g/mol. The van der Waals surface area contributed by atoms with Crippen molar-refractivity contribution in [2.45, 2.75) is 51.0 Å². The zero-order valence-corrected chi connectivity index (χ0v) is 10.2. The summed E-state index contributed by atoms with van der Waals surface area (Å²) in [5.41, 5.74) is -0.101. The van der Waals surface area contributed by atoms with Gasteiger partial charge in [0, 0.05) is 5.56 Å². The third-order valence-electron chi connectivity index (χ3n) is 3.77. The second kappa shape index (κ2) is 4.18. The van der Waals surface area contributed by atoms with E-state index in [0.717, 1.165) is 11.3 Å². The molecule has 1 aliphatic rings. The molecule has 0 amide bonds. The van der Waals surface area contributed by atoms with Crippen molar-refractivity contribution < 1.29 is 19.4 Å². The Morgan fingerprint density at radius 2 is 2.00 bits per heavy atom. The Hall–Kier alpha value is -1.29. The van der Waals surface area contributed by atoms with E-state index in [1.54, 1.807) is 6.92 Å². The van der Waals surface area contributed by atoms with E-state index >= 15 is 0 Å². The van der Waals surface area contributed by atoms with E-state index in [2.05, 4.69) is 0 Å². The molecule has 1 aliphatic carbocycles. The fourth-order valence-corrected chi connectivity index (χ4v) is 2.80. The minimum Gasteiger partial charge on any atom is -0.481 e. The molecule has 1 fully saturated rings. The van der Waals surface area contributed by atoms with Crippen molar-refractivity contribution in [3.8, 4) is 0 Å². The molecule has 2 N–H and O–H groups in total. The molecule has 1 saturated carbocycles. The normalized spacial score (nSPS) is 29.2. The van der Waals surface area contributed by atoms with Crippen LogP contribution in [0.1, 0.15) is 42.8 Å². The van der Waals surface area contributed by atoms with Crippen molar-refractivity contribution in [2.75, 3.05) is 0 Å². The highest BCUT2D eigenvalue weighted by Gasteiger charge is 2.45. The first-order chi connectivity index (χ1) is 7.95. The third-order valence-corrected chi connectivity index (χ3v) is 3.77. The van der Waals surface area contributed by atoms with Gasteiger partial charge < -0.3 is 14.6 Å². The van der Waals surface area contributed by atoms with Gasteiger partial charge in [0.05, 0.1) is 11.5 Å². The van der Waals surface area contributed by atoms with Gasteiger partial charge in [-0.2, -0.15) is 0 Å². The van der Waals surface area contributed by atoms with Crippen LogP contribution in [-0.2, 0) is 10.2 Å². The first-order valence-corrected chi connectivity index (χ1v) is 5.95. The van der Waals surface area contributed by atoms with Crippen molar-refractivity contribution in [1.82, 2.24) is 0 Å². The smallest absolute Gasteiger partial charge is 0.314 e.